The van der Waals surface area contributed by atoms with Crippen molar-refractivity contribution in [3.05, 3.63) is 0 Å². The molecule has 2 atom stereocenters. The number of hydrogen-bond acceptors (Lipinski definition) is 3. The van der Waals surface area contributed by atoms with E-state index < -0.39 is 0 Å². The van der Waals surface area contributed by atoms with Gasteiger partial charge >= 0.3 is 0 Å². The summed E-state index contributed by atoms with van der Waals surface area (Å²) in [6.07, 6.45) is 8.59. The van der Waals surface area contributed by atoms with E-state index >= 15 is 0 Å². The molecule has 0 bridgehead atoms. The van der Waals surface area contributed by atoms with Crippen LogP contribution in [-0.4, -0.2) is 30.7 Å². The van der Waals surface area contributed by atoms with Crippen LogP contribution >= 0.6 is 0 Å². The number of carbonyl (C=O) groups is 1. The van der Waals surface area contributed by atoms with Crippen molar-refractivity contribution in [2.45, 2.75) is 77.0 Å². The highest BCUT2D eigenvalue weighted by Crippen LogP contribution is 2.19. The molecule has 0 aromatic heterocycles. The zero-order valence-electron chi connectivity index (χ0n) is 11.8. The third-order valence-electron chi connectivity index (χ3n) is 3.37. The predicted octanol–water partition coefficient (Wildman–Crippen LogP) is 1.97. The van der Waals surface area contributed by atoms with E-state index in [1.807, 2.05) is 0 Å². The first kappa shape index (κ1) is 15.4. The van der Waals surface area contributed by atoms with Crippen LogP contribution < -0.4 is 11.1 Å². The Balaban J connectivity index is 2.09. The zero-order valence-corrected chi connectivity index (χ0v) is 11.8. The van der Waals surface area contributed by atoms with E-state index in [1.165, 1.54) is 25.7 Å². The van der Waals surface area contributed by atoms with Crippen LogP contribution in [0.4, 0.5) is 0 Å². The van der Waals surface area contributed by atoms with Crippen LogP contribution in [0.5, 0.6) is 0 Å². The average molecular weight is 256 g/mol. The molecule has 0 aromatic rings. The van der Waals surface area contributed by atoms with Crippen LogP contribution in [0.1, 0.15) is 58.8 Å². The van der Waals surface area contributed by atoms with Crippen molar-refractivity contribution in [2.24, 2.45) is 5.73 Å². The van der Waals surface area contributed by atoms with Crippen LogP contribution in [0.25, 0.3) is 0 Å². The Labute approximate surface area is 111 Å². The van der Waals surface area contributed by atoms with Crippen molar-refractivity contribution in [1.82, 2.24) is 5.32 Å². The van der Waals surface area contributed by atoms with Crippen molar-refractivity contribution in [3.63, 3.8) is 0 Å². The topological polar surface area (TPSA) is 64.3 Å². The molecule has 0 heterocycles. The fraction of sp³-hybridized carbons (Fsp3) is 0.929. The van der Waals surface area contributed by atoms with Crippen molar-refractivity contribution in [1.29, 1.82) is 0 Å². The van der Waals surface area contributed by atoms with Gasteiger partial charge in [0.05, 0.1) is 12.7 Å². The van der Waals surface area contributed by atoms with E-state index in [2.05, 4.69) is 19.2 Å². The lowest BCUT2D eigenvalue weighted by atomic mass is 10.1. The summed E-state index contributed by atoms with van der Waals surface area (Å²) in [7, 11) is 0. The van der Waals surface area contributed by atoms with Crippen molar-refractivity contribution in [3.8, 4) is 0 Å². The third-order valence-corrected chi connectivity index (χ3v) is 3.37. The number of ether oxygens (including phenoxy) is 1. The number of unbranched alkanes of at least 4 members (excludes halogenated alkanes) is 3. The summed E-state index contributed by atoms with van der Waals surface area (Å²) in [6, 6.07) is 0.154. The molecule has 1 rings (SSSR count). The number of primary amides is 1. The highest BCUT2D eigenvalue weighted by atomic mass is 16.5. The monoisotopic (exact) mass is 256 g/mol. The van der Waals surface area contributed by atoms with Crippen LogP contribution in [0.15, 0.2) is 0 Å². The summed E-state index contributed by atoms with van der Waals surface area (Å²) < 4.78 is 5.71. The van der Waals surface area contributed by atoms with Gasteiger partial charge in [-0.2, -0.15) is 0 Å². The summed E-state index contributed by atoms with van der Waals surface area (Å²) in [4.78, 5) is 11.3. The molecule has 0 spiro atoms. The second kappa shape index (κ2) is 8.48. The second-order valence-corrected chi connectivity index (χ2v) is 5.39. The van der Waals surface area contributed by atoms with Gasteiger partial charge in [-0.3, -0.25) is 4.79 Å². The Kier molecular flexibility index (Phi) is 7.28. The fourth-order valence-electron chi connectivity index (χ4n) is 1.95. The van der Waals surface area contributed by atoms with E-state index in [0.29, 0.717) is 12.6 Å². The molecule has 1 saturated carbocycles. The predicted molar refractivity (Wildman–Crippen MR) is 73.3 cm³/mol. The molecular weight excluding hydrogens is 228 g/mol. The maximum atomic E-state index is 11.3. The molecule has 0 saturated heterocycles. The lowest BCUT2D eigenvalue weighted by Crippen LogP contribution is -2.46. The molecule has 1 amide bonds. The number of amides is 1. The molecule has 0 aromatic carbocycles. The average Bonchev–Trinajstić information content (AvgIpc) is 3.13. The first-order chi connectivity index (χ1) is 8.63. The lowest BCUT2D eigenvalue weighted by molar-refractivity contribution is -0.122. The fourth-order valence-corrected chi connectivity index (χ4v) is 1.95. The minimum atomic E-state index is -0.324. The maximum absolute atomic E-state index is 11.3. The van der Waals surface area contributed by atoms with Crippen molar-refractivity contribution >= 4 is 5.91 Å². The van der Waals surface area contributed by atoms with E-state index in [-0.39, 0.29) is 18.1 Å². The van der Waals surface area contributed by atoms with Gasteiger partial charge in [0.15, 0.2) is 0 Å². The van der Waals surface area contributed by atoms with Gasteiger partial charge < -0.3 is 15.8 Å². The Hall–Kier alpha value is -0.610. The number of nitrogens with two attached hydrogens (primary N) is 1. The van der Waals surface area contributed by atoms with Gasteiger partial charge in [0.25, 0.3) is 0 Å². The largest absolute Gasteiger partial charge is 0.376 e. The zero-order chi connectivity index (χ0) is 13.4. The molecule has 0 radical (unpaired) electrons. The summed E-state index contributed by atoms with van der Waals surface area (Å²) >= 11 is 0. The first-order valence-corrected chi connectivity index (χ1v) is 7.30. The van der Waals surface area contributed by atoms with Gasteiger partial charge in [-0.05, 0) is 26.2 Å². The van der Waals surface area contributed by atoms with Crippen LogP contribution in [-0.2, 0) is 9.53 Å². The summed E-state index contributed by atoms with van der Waals surface area (Å²) in [5, 5.41) is 3.22. The molecule has 3 N–H and O–H groups in total. The SMILES string of the molecule is CCCCCCC(C)OCC(NC1CC1)C(N)=O. The second-order valence-electron chi connectivity index (χ2n) is 5.39. The Bertz CT molecular complexity index is 242. The summed E-state index contributed by atoms with van der Waals surface area (Å²) in [6.45, 7) is 4.68. The van der Waals surface area contributed by atoms with E-state index in [1.54, 1.807) is 0 Å². The van der Waals surface area contributed by atoms with Crippen molar-refractivity contribution < 1.29 is 9.53 Å². The van der Waals surface area contributed by atoms with Gasteiger partial charge in [0.1, 0.15) is 6.04 Å². The first-order valence-electron chi connectivity index (χ1n) is 7.30. The normalized spacial score (nSPS) is 18.6. The Morgan fingerprint density at radius 2 is 2.11 bits per heavy atom. The lowest BCUT2D eigenvalue weighted by Gasteiger charge is -2.19. The standard InChI is InChI=1S/C14H28N2O2/c1-3-4-5-6-7-11(2)18-10-13(14(15)17)16-12-8-9-12/h11-13,16H,3-10H2,1-2H3,(H2,15,17). The van der Waals surface area contributed by atoms with Crippen LogP contribution in [0, 0.1) is 0 Å². The van der Waals surface area contributed by atoms with Crippen LogP contribution in [0.2, 0.25) is 0 Å². The molecule has 1 aliphatic rings. The van der Waals surface area contributed by atoms with Gasteiger partial charge in [0.2, 0.25) is 5.91 Å². The molecule has 1 aliphatic carbocycles. The molecule has 4 nitrogen and oxygen atoms in total. The summed E-state index contributed by atoms with van der Waals surface area (Å²) in [5.41, 5.74) is 5.36. The smallest absolute Gasteiger partial charge is 0.236 e. The molecule has 4 heteroatoms. The van der Waals surface area contributed by atoms with Gasteiger partial charge in [0, 0.05) is 6.04 Å². The van der Waals surface area contributed by atoms with E-state index in [0.717, 1.165) is 19.3 Å². The highest BCUT2D eigenvalue weighted by Gasteiger charge is 2.27. The van der Waals surface area contributed by atoms with E-state index in [9.17, 15) is 4.79 Å². The molecule has 1 fully saturated rings. The maximum Gasteiger partial charge on any atom is 0.236 e. The Morgan fingerprint density at radius 1 is 1.39 bits per heavy atom. The molecule has 18 heavy (non-hydrogen) atoms. The number of hydrogen-bond donors (Lipinski definition) is 2. The third kappa shape index (κ3) is 6.97. The number of carbonyl (C=O) groups excluding carboxylic acids is 1. The van der Waals surface area contributed by atoms with E-state index in [4.69, 9.17) is 10.5 Å². The van der Waals surface area contributed by atoms with Gasteiger partial charge in [-0.25, -0.2) is 0 Å². The summed E-state index contributed by atoms with van der Waals surface area (Å²) in [5.74, 6) is -0.305. The number of rotatable bonds is 11. The quantitative estimate of drug-likeness (QED) is 0.555. The molecule has 2 unspecified atom stereocenters. The highest BCUT2D eigenvalue weighted by molar-refractivity contribution is 5.80. The number of nitrogens with one attached hydrogen (secondary N) is 1. The van der Waals surface area contributed by atoms with Crippen molar-refractivity contribution in [2.75, 3.05) is 6.61 Å². The molecule has 106 valence electrons. The Morgan fingerprint density at radius 3 is 2.67 bits per heavy atom. The molecule has 0 aliphatic heterocycles. The molecular formula is C14H28N2O2. The van der Waals surface area contributed by atoms with Gasteiger partial charge in [-0.1, -0.05) is 32.6 Å². The van der Waals surface area contributed by atoms with Crippen LogP contribution in [0.3, 0.4) is 0 Å². The van der Waals surface area contributed by atoms with Gasteiger partial charge in [-0.15, -0.1) is 0 Å². The minimum Gasteiger partial charge on any atom is -0.376 e. The minimum absolute atomic E-state index is 0.213.